The Bertz CT molecular complexity index is 2140. The molecule has 0 bridgehead atoms. The molecule has 0 spiro atoms. The summed E-state index contributed by atoms with van der Waals surface area (Å²) in [5.74, 6) is -1.12. The van der Waals surface area contributed by atoms with Gasteiger partial charge < -0.3 is 19.0 Å². The third kappa shape index (κ3) is 5.46. The lowest BCUT2D eigenvalue weighted by Crippen LogP contribution is -2.25. The van der Waals surface area contributed by atoms with Crippen molar-refractivity contribution < 1.29 is 45.4 Å². The molecule has 1 aliphatic rings. The van der Waals surface area contributed by atoms with Gasteiger partial charge in [-0.3, -0.25) is 9.48 Å². The van der Waals surface area contributed by atoms with Crippen molar-refractivity contribution in [2.24, 2.45) is 7.05 Å². The smallest absolute Gasteiger partial charge is 0.440 e. The first-order chi connectivity index (χ1) is 21.1. The van der Waals surface area contributed by atoms with Crippen molar-refractivity contribution in [3.63, 3.8) is 0 Å². The number of aliphatic hydroxyl groups is 1. The van der Waals surface area contributed by atoms with Crippen molar-refractivity contribution in [3.8, 4) is 56.5 Å². The second-order valence-corrected chi connectivity index (χ2v) is 12.4. The highest BCUT2D eigenvalue weighted by Crippen LogP contribution is 2.46. The number of hydrogen-bond donors (Lipinski definition) is 1. The molecule has 3 aromatic carbocycles. The molecule has 0 aliphatic carbocycles. The van der Waals surface area contributed by atoms with Crippen LogP contribution in [0.25, 0.3) is 45.0 Å². The Morgan fingerprint density at radius 3 is 2.36 bits per heavy atom. The standard InChI is InChI=1S/C31H24F3N3O7S/c1-15(39)24-13-25(37(3)36-24)20-7-5-17(19-10-23(32)22(14-38)28(12-19)45(4,40)41)9-21(20)30-29(35-16(2)42-30)18-6-8-26-27(11-18)44-31(33,34)43-26/h5-13,38H,14H2,1-4H3. The molecular formula is C31H24F3N3O7S. The maximum absolute atomic E-state index is 15.1. The van der Waals surface area contributed by atoms with Crippen LogP contribution < -0.4 is 9.47 Å². The topological polar surface area (TPSA) is 134 Å². The number of sulfone groups is 1. The number of oxazole rings is 1. The summed E-state index contributed by atoms with van der Waals surface area (Å²) in [4.78, 5) is 16.3. The van der Waals surface area contributed by atoms with E-state index in [1.54, 1.807) is 38.2 Å². The van der Waals surface area contributed by atoms with Crippen molar-refractivity contribution >= 4 is 15.6 Å². The lowest BCUT2D eigenvalue weighted by molar-refractivity contribution is -0.286. The van der Waals surface area contributed by atoms with E-state index in [1.165, 1.54) is 35.9 Å². The summed E-state index contributed by atoms with van der Waals surface area (Å²) >= 11 is 0. The van der Waals surface area contributed by atoms with E-state index in [-0.39, 0.29) is 56.3 Å². The number of ether oxygens (including phenoxy) is 2. The number of Topliss-reactive ketones (excluding diaryl/α,β-unsaturated/α-hetero) is 1. The van der Waals surface area contributed by atoms with Crippen LogP contribution in [0.15, 0.2) is 63.9 Å². The fraction of sp³-hybridized carbons (Fsp3) is 0.194. The summed E-state index contributed by atoms with van der Waals surface area (Å²) in [6.07, 6.45) is -2.91. The van der Waals surface area contributed by atoms with Gasteiger partial charge in [0.05, 0.1) is 17.2 Å². The SMILES string of the molecule is CC(=O)c1cc(-c2ccc(-c3cc(F)c(CO)c(S(C)(=O)=O)c3)cc2-c2oc(C)nc2-c2ccc3c(c2)OC(F)(F)O3)n(C)n1. The van der Waals surface area contributed by atoms with Crippen LogP contribution in [-0.4, -0.2) is 46.6 Å². The van der Waals surface area contributed by atoms with Gasteiger partial charge in [-0.05, 0) is 53.6 Å². The van der Waals surface area contributed by atoms with Crippen molar-refractivity contribution in [1.29, 1.82) is 0 Å². The number of alkyl halides is 2. The zero-order chi connectivity index (χ0) is 32.4. The maximum Gasteiger partial charge on any atom is 0.586 e. The third-order valence-corrected chi connectivity index (χ3v) is 8.40. The Labute approximate surface area is 254 Å². The fourth-order valence-corrected chi connectivity index (χ4v) is 6.14. The van der Waals surface area contributed by atoms with Gasteiger partial charge in [0, 0.05) is 49.4 Å². The van der Waals surface area contributed by atoms with Crippen molar-refractivity contribution in [3.05, 3.63) is 77.6 Å². The van der Waals surface area contributed by atoms with Crippen LogP contribution in [0, 0.1) is 12.7 Å². The Balaban J connectivity index is 1.60. The van der Waals surface area contributed by atoms with E-state index in [9.17, 15) is 27.1 Å². The van der Waals surface area contributed by atoms with Crippen LogP contribution in [0.2, 0.25) is 0 Å². The number of carbonyl (C=O) groups excluding carboxylic acids is 1. The van der Waals surface area contributed by atoms with Gasteiger partial charge >= 0.3 is 6.29 Å². The van der Waals surface area contributed by atoms with Crippen LogP contribution in [-0.2, 0) is 23.5 Å². The number of halogens is 3. The molecule has 0 amide bonds. The summed E-state index contributed by atoms with van der Waals surface area (Å²) in [5, 5.41) is 13.9. The van der Waals surface area contributed by atoms with Gasteiger partial charge in [0.25, 0.3) is 0 Å². The van der Waals surface area contributed by atoms with Crippen LogP contribution in [0.5, 0.6) is 11.5 Å². The summed E-state index contributed by atoms with van der Waals surface area (Å²) < 4.78 is 84.3. The van der Waals surface area contributed by atoms with Crippen molar-refractivity contribution in [1.82, 2.24) is 14.8 Å². The van der Waals surface area contributed by atoms with Crippen LogP contribution in [0.4, 0.5) is 13.2 Å². The van der Waals surface area contributed by atoms with E-state index in [2.05, 4.69) is 19.6 Å². The van der Waals surface area contributed by atoms with Gasteiger partial charge in [0.1, 0.15) is 17.2 Å². The first kappa shape index (κ1) is 30.1. The third-order valence-electron chi connectivity index (χ3n) is 7.23. The minimum Gasteiger partial charge on any atom is -0.440 e. The molecule has 14 heteroatoms. The predicted molar refractivity (Wildman–Crippen MR) is 155 cm³/mol. The highest BCUT2D eigenvalue weighted by molar-refractivity contribution is 7.90. The van der Waals surface area contributed by atoms with Gasteiger partial charge in [-0.25, -0.2) is 17.8 Å². The zero-order valence-corrected chi connectivity index (χ0v) is 25.0. The molecule has 0 radical (unpaired) electrons. The maximum atomic E-state index is 15.1. The molecule has 1 aliphatic heterocycles. The summed E-state index contributed by atoms with van der Waals surface area (Å²) in [7, 11) is -2.28. The Morgan fingerprint density at radius 2 is 1.69 bits per heavy atom. The number of aromatic nitrogens is 3. The lowest BCUT2D eigenvalue weighted by atomic mass is 9.93. The first-order valence-electron chi connectivity index (χ1n) is 13.4. The average molecular weight is 640 g/mol. The van der Waals surface area contributed by atoms with Crippen molar-refractivity contribution in [2.75, 3.05) is 6.26 Å². The molecule has 0 saturated carbocycles. The zero-order valence-electron chi connectivity index (χ0n) is 24.2. The second-order valence-electron chi connectivity index (χ2n) is 10.5. The Morgan fingerprint density at radius 1 is 0.978 bits per heavy atom. The number of aryl methyl sites for hydroxylation is 2. The number of carbonyl (C=O) groups is 1. The molecule has 0 saturated heterocycles. The van der Waals surface area contributed by atoms with Gasteiger partial charge in [0.15, 0.2) is 38.8 Å². The van der Waals surface area contributed by atoms with Crippen molar-refractivity contribution in [2.45, 2.75) is 31.6 Å². The molecule has 3 heterocycles. The number of aliphatic hydroxyl groups excluding tert-OH is 1. The summed E-state index contributed by atoms with van der Waals surface area (Å²) in [6.45, 7) is 2.15. The van der Waals surface area contributed by atoms with Gasteiger partial charge in [-0.15, -0.1) is 8.78 Å². The molecule has 0 unspecified atom stereocenters. The number of rotatable bonds is 7. The summed E-state index contributed by atoms with van der Waals surface area (Å²) in [6, 6.07) is 13.0. The molecule has 5 aromatic rings. The minimum atomic E-state index is -3.92. The van der Waals surface area contributed by atoms with E-state index in [0.29, 0.717) is 27.9 Å². The Kier molecular flexibility index (Phi) is 7.08. The van der Waals surface area contributed by atoms with E-state index < -0.39 is 28.6 Å². The van der Waals surface area contributed by atoms with Gasteiger partial charge in [0.2, 0.25) is 0 Å². The highest BCUT2D eigenvalue weighted by atomic mass is 32.2. The van der Waals surface area contributed by atoms with Gasteiger partial charge in [-0.2, -0.15) is 5.10 Å². The lowest BCUT2D eigenvalue weighted by Gasteiger charge is -2.14. The van der Waals surface area contributed by atoms with E-state index in [1.807, 2.05) is 0 Å². The second kappa shape index (κ2) is 10.6. The van der Waals surface area contributed by atoms with Gasteiger partial charge in [-0.1, -0.05) is 12.1 Å². The molecule has 0 atom stereocenters. The molecule has 45 heavy (non-hydrogen) atoms. The number of ketones is 1. The summed E-state index contributed by atoms with van der Waals surface area (Å²) in [5.41, 5.74) is 2.42. The number of benzene rings is 3. The number of hydrogen-bond acceptors (Lipinski definition) is 9. The quantitative estimate of drug-likeness (QED) is 0.215. The first-order valence-corrected chi connectivity index (χ1v) is 15.3. The molecule has 0 fully saturated rings. The molecular weight excluding hydrogens is 615 g/mol. The van der Waals surface area contributed by atoms with Crippen LogP contribution >= 0.6 is 0 Å². The van der Waals surface area contributed by atoms with Crippen LogP contribution in [0.1, 0.15) is 28.9 Å². The van der Waals surface area contributed by atoms with E-state index in [0.717, 1.165) is 12.3 Å². The predicted octanol–water partition coefficient (Wildman–Crippen LogP) is 5.94. The molecule has 1 N–H and O–H groups in total. The average Bonchev–Trinajstić information content (AvgIpc) is 3.64. The van der Waals surface area contributed by atoms with Crippen LogP contribution in [0.3, 0.4) is 0 Å². The Hall–Kier alpha value is -4.95. The number of nitrogens with zero attached hydrogens (tertiary/aromatic N) is 3. The fourth-order valence-electron chi connectivity index (χ4n) is 5.19. The van der Waals surface area contributed by atoms with E-state index in [4.69, 9.17) is 4.42 Å². The molecule has 10 nitrogen and oxygen atoms in total. The van der Waals surface area contributed by atoms with E-state index >= 15 is 4.39 Å². The normalized spacial score (nSPS) is 13.8. The highest BCUT2D eigenvalue weighted by Gasteiger charge is 2.43. The minimum absolute atomic E-state index is 0.158. The largest absolute Gasteiger partial charge is 0.586 e. The molecule has 232 valence electrons. The molecule has 6 rings (SSSR count). The monoisotopic (exact) mass is 639 g/mol. The number of fused-ring (bicyclic) bond motifs is 1. The molecule has 2 aromatic heterocycles.